The number of rotatable bonds is 12. The summed E-state index contributed by atoms with van der Waals surface area (Å²) in [5.41, 5.74) is 1.28. The van der Waals surface area contributed by atoms with Crippen LogP contribution in [0.5, 0.6) is 0 Å². The molecule has 0 saturated heterocycles. The van der Waals surface area contributed by atoms with Crippen molar-refractivity contribution >= 4 is 50.7 Å². The first-order valence-corrected chi connectivity index (χ1v) is 14.1. The Morgan fingerprint density at radius 1 is 1.03 bits per heavy atom. The van der Waals surface area contributed by atoms with E-state index in [1.807, 2.05) is 32.9 Å². The molecule has 2 aromatic rings. The number of hydrogen-bond acceptors (Lipinski definition) is 4. The highest BCUT2D eigenvalue weighted by molar-refractivity contribution is 7.92. The third-order valence-electron chi connectivity index (χ3n) is 5.33. The van der Waals surface area contributed by atoms with Gasteiger partial charge in [-0.05, 0) is 62.6 Å². The zero-order valence-electron chi connectivity index (χ0n) is 20.5. The van der Waals surface area contributed by atoms with E-state index in [-0.39, 0.29) is 43.8 Å². The Morgan fingerprint density at radius 3 is 2.23 bits per heavy atom. The normalized spacial score (nSPS) is 12.3. The number of amides is 2. The lowest BCUT2D eigenvalue weighted by atomic mass is 10.1. The van der Waals surface area contributed by atoms with E-state index in [0.717, 1.165) is 11.8 Å². The van der Waals surface area contributed by atoms with E-state index in [1.54, 1.807) is 41.3 Å². The highest BCUT2D eigenvalue weighted by Gasteiger charge is 2.29. The van der Waals surface area contributed by atoms with Crippen molar-refractivity contribution in [3.63, 3.8) is 0 Å². The van der Waals surface area contributed by atoms with Gasteiger partial charge in [0.1, 0.15) is 6.04 Å². The number of halogens is 2. The fraction of sp³-hybridized carbons (Fsp3) is 0.440. The number of carbonyl (C=O) groups excluding carboxylic acids is 2. The Labute approximate surface area is 218 Å². The Hall–Kier alpha value is -2.29. The van der Waals surface area contributed by atoms with Crippen LogP contribution in [-0.4, -0.2) is 50.0 Å². The average Bonchev–Trinajstić information content (AvgIpc) is 2.76. The molecule has 10 heteroatoms. The van der Waals surface area contributed by atoms with E-state index in [9.17, 15) is 18.0 Å². The third kappa shape index (κ3) is 9.02. The third-order valence-corrected chi connectivity index (χ3v) is 7.01. The molecule has 0 aliphatic heterocycles. The van der Waals surface area contributed by atoms with Crippen LogP contribution in [0, 0.1) is 0 Å². The molecule has 0 fully saturated rings. The second kappa shape index (κ2) is 13.1. The lowest BCUT2D eigenvalue weighted by Gasteiger charge is -2.31. The monoisotopic (exact) mass is 541 g/mol. The molecule has 1 atom stereocenters. The van der Waals surface area contributed by atoms with Gasteiger partial charge in [0, 0.05) is 35.6 Å². The van der Waals surface area contributed by atoms with Gasteiger partial charge in [0.25, 0.3) is 0 Å². The molecule has 0 saturated carbocycles. The van der Waals surface area contributed by atoms with E-state index < -0.39 is 16.1 Å². The summed E-state index contributed by atoms with van der Waals surface area (Å²) >= 11 is 12.0. The van der Waals surface area contributed by atoms with Crippen molar-refractivity contribution in [2.24, 2.45) is 0 Å². The molecule has 0 heterocycles. The van der Waals surface area contributed by atoms with Gasteiger partial charge >= 0.3 is 0 Å². The summed E-state index contributed by atoms with van der Waals surface area (Å²) in [5, 5.41) is 3.89. The van der Waals surface area contributed by atoms with Crippen LogP contribution in [0.2, 0.25) is 10.0 Å². The molecule has 192 valence electrons. The van der Waals surface area contributed by atoms with Crippen molar-refractivity contribution in [3.05, 3.63) is 64.1 Å². The fourth-order valence-corrected chi connectivity index (χ4v) is 4.99. The molecule has 0 aliphatic carbocycles. The van der Waals surface area contributed by atoms with E-state index in [0.29, 0.717) is 22.2 Å². The number of nitrogens with one attached hydrogen (secondary N) is 1. The molecule has 0 spiro atoms. The van der Waals surface area contributed by atoms with Crippen molar-refractivity contribution in [1.82, 2.24) is 10.2 Å². The van der Waals surface area contributed by atoms with Crippen LogP contribution in [0.3, 0.4) is 0 Å². The number of sulfonamides is 1. The minimum absolute atomic E-state index is 0.0648. The number of anilines is 1. The van der Waals surface area contributed by atoms with E-state index in [1.165, 1.54) is 4.31 Å². The maximum atomic E-state index is 13.4. The molecule has 2 aromatic carbocycles. The standard InChI is InChI=1S/C25H33Cl2N3O4S/c1-5-23(25(32)28-18(2)3)29(17-19-11-13-20(26)14-12-19)24(31)10-7-15-30(35(4,33)34)22-9-6-8-21(27)16-22/h6,8-9,11-14,16,18,23H,5,7,10,15,17H2,1-4H3,(H,28,32). The van der Waals surface area contributed by atoms with Gasteiger partial charge in [-0.15, -0.1) is 0 Å². The van der Waals surface area contributed by atoms with Crippen LogP contribution in [0.15, 0.2) is 48.5 Å². The van der Waals surface area contributed by atoms with Crippen molar-refractivity contribution in [2.75, 3.05) is 17.1 Å². The maximum absolute atomic E-state index is 13.4. The van der Waals surface area contributed by atoms with Gasteiger partial charge in [0.2, 0.25) is 21.8 Å². The van der Waals surface area contributed by atoms with Crippen LogP contribution in [0.4, 0.5) is 5.69 Å². The van der Waals surface area contributed by atoms with Crippen LogP contribution < -0.4 is 9.62 Å². The number of carbonyl (C=O) groups is 2. The largest absolute Gasteiger partial charge is 0.352 e. The second-order valence-electron chi connectivity index (χ2n) is 8.65. The van der Waals surface area contributed by atoms with Gasteiger partial charge in [0.15, 0.2) is 0 Å². The molecular weight excluding hydrogens is 509 g/mol. The summed E-state index contributed by atoms with van der Waals surface area (Å²) in [5.74, 6) is -0.452. The molecular formula is C25H33Cl2N3O4S. The predicted molar refractivity (Wildman–Crippen MR) is 142 cm³/mol. The number of benzene rings is 2. The predicted octanol–water partition coefficient (Wildman–Crippen LogP) is 4.87. The Morgan fingerprint density at radius 2 is 1.69 bits per heavy atom. The Balaban J connectivity index is 2.21. The fourth-order valence-electron chi connectivity index (χ4n) is 3.72. The van der Waals surface area contributed by atoms with E-state index in [2.05, 4.69) is 5.32 Å². The van der Waals surface area contributed by atoms with Crippen molar-refractivity contribution < 1.29 is 18.0 Å². The summed E-state index contributed by atoms with van der Waals surface area (Å²) in [7, 11) is -3.58. The van der Waals surface area contributed by atoms with Crippen molar-refractivity contribution in [2.45, 2.75) is 58.7 Å². The molecule has 2 rings (SSSR count). The molecule has 1 N–H and O–H groups in total. The van der Waals surface area contributed by atoms with Gasteiger partial charge < -0.3 is 10.2 Å². The molecule has 2 amide bonds. The summed E-state index contributed by atoms with van der Waals surface area (Å²) in [6, 6.07) is 13.0. The topological polar surface area (TPSA) is 86.8 Å². The number of hydrogen-bond donors (Lipinski definition) is 1. The molecule has 1 unspecified atom stereocenters. The Bertz CT molecular complexity index is 1110. The van der Waals surface area contributed by atoms with Gasteiger partial charge in [-0.1, -0.05) is 48.3 Å². The van der Waals surface area contributed by atoms with E-state index in [4.69, 9.17) is 23.2 Å². The summed E-state index contributed by atoms with van der Waals surface area (Å²) < 4.78 is 26.0. The highest BCUT2D eigenvalue weighted by atomic mass is 35.5. The minimum Gasteiger partial charge on any atom is -0.352 e. The first-order valence-electron chi connectivity index (χ1n) is 11.5. The van der Waals surface area contributed by atoms with E-state index >= 15 is 0 Å². The van der Waals surface area contributed by atoms with Crippen LogP contribution >= 0.6 is 23.2 Å². The zero-order chi connectivity index (χ0) is 26.2. The molecule has 7 nitrogen and oxygen atoms in total. The molecule has 0 aromatic heterocycles. The summed E-state index contributed by atoms with van der Waals surface area (Å²) in [6.45, 7) is 5.94. The van der Waals surface area contributed by atoms with Crippen LogP contribution in [0.25, 0.3) is 0 Å². The summed E-state index contributed by atoms with van der Waals surface area (Å²) in [6.07, 6.45) is 1.91. The lowest BCUT2D eigenvalue weighted by molar-refractivity contribution is -0.141. The van der Waals surface area contributed by atoms with Crippen molar-refractivity contribution in [3.8, 4) is 0 Å². The molecule has 0 radical (unpaired) electrons. The van der Waals surface area contributed by atoms with Gasteiger partial charge in [0.05, 0.1) is 11.9 Å². The van der Waals surface area contributed by atoms with Gasteiger partial charge in [-0.2, -0.15) is 0 Å². The lowest BCUT2D eigenvalue weighted by Crippen LogP contribution is -2.50. The van der Waals surface area contributed by atoms with Gasteiger partial charge in [-0.3, -0.25) is 13.9 Å². The van der Waals surface area contributed by atoms with Crippen LogP contribution in [-0.2, 0) is 26.2 Å². The maximum Gasteiger partial charge on any atom is 0.243 e. The second-order valence-corrected chi connectivity index (χ2v) is 11.4. The first kappa shape index (κ1) is 28.9. The first-order chi connectivity index (χ1) is 16.4. The highest BCUT2D eigenvalue weighted by Crippen LogP contribution is 2.23. The van der Waals surface area contributed by atoms with Crippen LogP contribution in [0.1, 0.15) is 45.6 Å². The average molecular weight is 543 g/mol. The minimum atomic E-state index is -3.58. The SMILES string of the molecule is CCC(C(=O)NC(C)C)N(Cc1ccc(Cl)cc1)C(=O)CCCN(c1cccc(Cl)c1)S(C)(=O)=O. The number of nitrogens with zero attached hydrogens (tertiary/aromatic N) is 2. The molecule has 0 aliphatic rings. The smallest absolute Gasteiger partial charge is 0.243 e. The summed E-state index contributed by atoms with van der Waals surface area (Å²) in [4.78, 5) is 27.8. The molecule has 35 heavy (non-hydrogen) atoms. The quantitative estimate of drug-likeness (QED) is 0.415. The Kier molecular flexibility index (Phi) is 10.9. The van der Waals surface area contributed by atoms with Gasteiger partial charge in [-0.25, -0.2) is 8.42 Å². The zero-order valence-corrected chi connectivity index (χ0v) is 22.8. The molecule has 0 bridgehead atoms. The van der Waals surface area contributed by atoms with Crippen molar-refractivity contribution in [1.29, 1.82) is 0 Å².